The molecule has 0 aliphatic rings. The van der Waals surface area contributed by atoms with Crippen LogP contribution in [0.1, 0.15) is 15.9 Å². The normalized spacial score (nSPS) is 10.0. The second kappa shape index (κ2) is 7.93. The van der Waals surface area contributed by atoms with Gasteiger partial charge in [-0.2, -0.15) is 0 Å². The molecule has 2 aromatic carbocycles. The van der Waals surface area contributed by atoms with Gasteiger partial charge in [-0.15, -0.1) is 0 Å². The smallest absolute Gasteiger partial charge is 0.251 e. The van der Waals surface area contributed by atoms with Crippen molar-refractivity contribution in [2.75, 3.05) is 13.7 Å². The number of methoxy groups -OCH3 is 1. The third-order valence-corrected chi connectivity index (χ3v) is 3.16. The number of amides is 2. The quantitative estimate of drug-likeness (QED) is 0.855. The van der Waals surface area contributed by atoms with E-state index in [0.29, 0.717) is 12.1 Å². The van der Waals surface area contributed by atoms with E-state index in [4.69, 9.17) is 4.74 Å². The van der Waals surface area contributed by atoms with Crippen molar-refractivity contribution in [1.82, 2.24) is 10.6 Å². The van der Waals surface area contributed by atoms with E-state index in [9.17, 15) is 14.0 Å². The lowest BCUT2D eigenvalue weighted by atomic mass is 10.2. The Hall–Kier alpha value is -2.89. The van der Waals surface area contributed by atoms with E-state index in [2.05, 4.69) is 10.6 Å². The van der Waals surface area contributed by atoms with Crippen molar-refractivity contribution in [2.24, 2.45) is 0 Å². The highest BCUT2D eigenvalue weighted by Gasteiger charge is 2.08. The van der Waals surface area contributed by atoms with Crippen molar-refractivity contribution >= 4 is 11.8 Å². The molecule has 0 unspecified atom stereocenters. The highest BCUT2D eigenvalue weighted by atomic mass is 19.1. The first kappa shape index (κ1) is 16.5. The summed E-state index contributed by atoms with van der Waals surface area (Å²) in [6, 6.07) is 12.4. The van der Waals surface area contributed by atoms with Crippen LogP contribution in [0.2, 0.25) is 0 Å². The number of carbonyl (C=O) groups excluding carboxylic acids is 2. The second-order valence-corrected chi connectivity index (χ2v) is 4.81. The summed E-state index contributed by atoms with van der Waals surface area (Å²) in [6.07, 6.45) is 0. The lowest BCUT2D eigenvalue weighted by molar-refractivity contribution is -0.120. The van der Waals surface area contributed by atoms with Gasteiger partial charge in [0.2, 0.25) is 5.91 Å². The molecule has 120 valence electrons. The van der Waals surface area contributed by atoms with Gasteiger partial charge in [-0.25, -0.2) is 4.39 Å². The number of ether oxygens (including phenoxy) is 1. The lowest BCUT2D eigenvalue weighted by Gasteiger charge is -2.08. The van der Waals surface area contributed by atoms with Crippen LogP contribution in [0.4, 0.5) is 4.39 Å². The van der Waals surface area contributed by atoms with Crippen molar-refractivity contribution in [3.63, 3.8) is 0 Å². The molecule has 0 aliphatic carbocycles. The Kier molecular flexibility index (Phi) is 5.68. The average molecular weight is 316 g/mol. The predicted molar refractivity (Wildman–Crippen MR) is 83.6 cm³/mol. The van der Waals surface area contributed by atoms with E-state index in [0.717, 1.165) is 11.3 Å². The molecule has 2 aromatic rings. The van der Waals surface area contributed by atoms with Crippen LogP contribution in [0.15, 0.2) is 48.5 Å². The summed E-state index contributed by atoms with van der Waals surface area (Å²) in [5, 5.41) is 5.18. The number of hydrogen-bond donors (Lipinski definition) is 2. The van der Waals surface area contributed by atoms with Crippen molar-refractivity contribution in [3.8, 4) is 5.75 Å². The molecule has 5 nitrogen and oxygen atoms in total. The Morgan fingerprint density at radius 2 is 1.65 bits per heavy atom. The molecular formula is C17H17FN2O3. The number of carbonyl (C=O) groups is 2. The first-order chi connectivity index (χ1) is 11.1. The molecule has 0 heterocycles. The molecule has 0 aromatic heterocycles. The molecule has 0 radical (unpaired) electrons. The van der Waals surface area contributed by atoms with Crippen LogP contribution in [-0.4, -0.2) is 25.5 Å². The lowest BCUT2D eigenvalue weighted by Crippen LogP contribution is -2.36. The van der Waals surface area contributed by atoms with Gasteiger partial charge in [-0.05, 0) is 42.0 Å². The average Bonchev–Trinajstić information content (AvgIpc) is 2.59. The fourth-order valence-corrected chi connectivity index (χ4v) is 1.87. The molecule has 0 saturated heterocycles. The largest absolute Gasteiger partial charge is 0.497 e. The molecule has 2 amide bonds. The third-order valence-electron chi connectivity index (χ3n) is 3.16. The van der Waals surface area contributed by atoms with E-state index < -0.39 is 11.7 Å². The van der Waals surface area contributed by atoms with E-state index in [1.54, 1.807) is 19.2 Å². The number of hydrogen-bond acceptors (Lipinski definition) is 3. The molecule has 2 N–H and O–H groups in total. The van der Waals surface area contributed by atoms with Crippen molar-refractivity contribution < 1.29 is 18.7 Å². The van der Waals surface area contributed by atoms with Crippen molar-refractivity contribution in [1.29, 1.82) is 0 Å². The van der Waals surface area contributed by atoms with Crippen molar-refractivity contribution in [2.45, 2.75) is 6.54 Å². The van der Waals surface area contributed by atoms with E-state index in [1.807, 2.05) is 12.1 Å². The Bertz CT molecular complexity index is 669. The van der Waals surface area contributed by atoms with Crippen LogP contribution in [0.3, 0.4) is 0 Å². The molecule has 0 atom stereocenters. The predicted octanol–water partition coefficient (Wildman–Crippen LogP) is 1.88. The zero-order valence-electron chi connectivity index (χ0n) is 12.6. The van der Waals surface area contributed by atoms with E-state index in [-0.39, 0.29) is 12.5 Å². The number of nitrogens with one attached hydrogen (secondary N) is 2. The molecule has 0 aliphatic heterocycles. The summed E-state index contributed by atoms with van der Waals surface area (Å²) < 4.78 is 17.8. The van der Waals surface area contributed by atoms with Gasteiger partial charge in [-0.3, -0.25) is 9.59 Å². The molecule has 2 rings (SSSR count). The Morgan fingerprint density at radius 1 is 1.00 bits per heavy atom. The van der Waals surface area contributed by atoms with Crippen LogP contribution in [0.25, 0.3) is 0 Å². The topological polar surface area (TPSA) is 67.4 Å². The van der Waals surface area contributed by atoms with Gasteiger partial charge in [0, 0.05) is 12.1 Å². The molecule has 0 fully saturated rings. The second-order valence-electron chi connectivity index (χ2n) is 4.81. The monoisotopic (exact) mass is 316 g/mol. The maximum absolute atomic E-state index is 12.8. The Balaban J connectivity index is 1.76. The number of halogens is 1. The third kappa shape index (κ3) is 5.10. The van der Waals surface area contributed by atoms with Gasteiger partial charge in [-0.1, -0.05) is 12.1 Å². The van der Waals surface area contributed by atoms with Crippen LogP contribution in [0.5, 0.6) is 5.75 Å². The number of rotatable bonds is 6. The summed E-state index contributed by atoms with van der Waals surface area (Å²) in [6.45, 7) is 0.210. The summed E-state index contributed by atoms with van der Waals surface area (Å²) in [5.41, 5.74) is 1.22. The molecule has 0 spiro atoms. The molecule has 6 heteroatoms. The van der Waals surface area contributed by atoms with Gasteiger partial charge in [0.1, 0.15) is 11.6 Å². The minimum atomic E-state index is -0.426. The highest BCUT2D eigenvalue weighted by Crippen LogP contribution is 2.10. The maximum atomic E-state index is 12.8. The molecule has 0 saturated carbocycles. The Morgan fingerprint density at radius 3 is 2.26 bits per heavy atom. The van der Waals surface area contributed by atoms with Crippen molar-refractivity contribution in [3.05, 3.63) is 65.5 Å². The summed E-state index contributed by atoms with van der Waals surface area (Å²) in [7, 11) is 1.58. The van der Waals surface area contributed by atoms with Gasteiger partial charge in [0.05, 0.1) is 13.7 Å². The van der Waals surface area contributed by atoms with Gasteiger partial charge < -0.3 is 15.4 Å². The van der Waals surface area contributed by atoms with Gasteiger partial charge in [0.15, 0.2) is 0 Å². The Labute approximate surface area is 133 Å². The van der Waals surface area contributed by atoms with Crippen LogP contribution >= 0.6 is 0 Å². The SMILES string of the molecule is COc1ccc(CNC(=O)CNC(=O)c2ccc(F)cc2)cc1. The summed E-state index contributed by atoms with van der Waals surface area (Å²) in [4.78, 5) is 23.5. The first-order valence-electron chi connectivity index (χ1n) is 7.02. The maximum Gasteiger partial charge on any atom is 0.251 e. The zero-order chi connectivity index (χ0) is 16.7. The van der Waals surface area contributed by atoms with Crippen LogP contribution < -0.4 is 15.4 Å². The van der Waals surface area contributed by atoms with Crippen LogP contribution in [-0.2, 0) is 11.3 Å². The molecule has 23 heavy (non-hydrogen) atoms. The van der Waals surface area contributed by atoms with Gasteiger partial charge in [0.25, 0.3) is 5.91 Å². The summed E-state index contributed by atoms with van der Waals surface area (Å²) >= 11 is 0. The first-order valence-corrected chi connectivity index (χ1v) is 7.02. The molecule has 0 bridgehead atoms. The van der Waals surface area contributed by atoms with Crippen LogP contribution in [0, 0.1) is 5.82 Å². The molecular weight excluding hydrogens is 299 g/mol. The number of benzene rings is 2. The highest BCUT2D eigenvalue weighted by molar-refractivity contribution is 5.96. The fourth-order valence-electron chi connectivity index (χ4n) is 1.87. The zero-order valence-corrected chi connectivity index (χ0v) is 12.6. The minimum absolute atomic E-state index is 0.146. The standard InChI is InChI=1S/C17H17FN2O3/c1-23-15-8-2-12(3-9-15)10-19-16(21)11-20-17(22)13-4-6-14(18)7-5-13/h2-9H,10-11H2,1H3,(H,19,21)(H,20,22). The summed E-state index contributed by atoms with van der Waals surface area (Å²) in [5.74, 6) is -0.411. The van der Waals surface area contributed by atoms with E-state index >= 15 is 0 Å². The van der Waals surface area contributed by atoms with E-state index in [1.165, 1.54) is 24.3 Å². The fraction of sp³-hybridized carbons (Fsp3) is 0.176. The van der Waals surface area contributed by atoms with Gasteiger partial charge >= 0.3 is 0 Å². The minimum Gasteiger partial charge on any atom is -0.497 e.